The first-order valence-electron chi connectivity index (χ1n) is 7.70. The molecule has 0 unspecified atom stereocenters. The molecule has 152 valence electrons. The zero-order valence-electron chi connectivity index (χ0n) is 14.7. The van der Waals surface area contributed by atoms with Gasteiger partial charge >= 0.3 is 6.18 Å². The molecule has 0 aliphatic heterocycles. The number of amides is 1. The Morgan fingerprint density at radius 1 is 1.21 bits per heavy atom. The summed E-state index contributed by atoms with van der Waals surface area (Å²) in [5.41, 5.74) is -1.12. The lowest BCUT2D eigenvalue weighted by Crippen LogP contribution is -2.37. The average Bonchev–Trinajstić information content (AvgIpc) is 2.59. The van der Waals surface area contributed by atoms with Crippen molar-refractivity contribution in [3.63, 3.8) is 0 Å². The summed E-state index contributed by atoms with van der Waals surface area (Å²) in [7, 11) is -2.47. The van der Waals surface area contributed by atoms with Crippen LogP contribution in [0.2, 0.25) is 5.02 Å². The van der Waals surface area contributed by atoms with Gasteiger partial charge in [0, 0.05) is 6.07 Å². The first kappa shape index (κ1) is 21.8. The smallest absolute Gasteiger partial charge is 0.416 e. The fraction of sp³-hybridized carbons (Fsp3) is 0.235. The maximum absolute atomic E-state index is 12.8. The van der Waals surface area contributed by atoms with Gasteiger partial charge in [-0.25, -0.2) is 8.42 Å². The van der Waals surface area contributed by atoms with E-state index in [0.29, 0.717) is 11.8 Å². The number of carbonyl (C=O) groups excluding carboxylic acids is 1. The van der Waals surface area contributed by atoms with Crippen molar-refractivity contribution >= 4 is 38.9 Å². The molecule has 0 aliphatic carbocycles. The van der Waals surface area contributed by atoms with E-state index in [4.69, 9.17) is 16.3 Å². The van der Waals surface area contributed by atoms with Crippen molar-refractivity contribution in [1.82, 2.24) is 0 Å². The normalized spacial score (nSPS) is 11.8. The number of methoxy groups -OCH3 is 1. The van der Waals surface area contributed by atoms with Crippen LogP contribution in [0, 0.1) is 0 Å². The Morgan fingerprint density at radius 2 is 1.89 bits per heavy atom. The van der Waals surface area contributed by atoms with Crippen LogP contribution in [0.3, 0.4) is 0 Å². The summed E-state index contributed by atoms with van der Waals surface area (Å²) in [6, 6.07) is 8.43. The van der Waals surface area contributed by atoms with Gasteiger partial charge in [-0.2, -0.15) is 13.2 Å². The van der Waals surface area contributed by atoms with E-state index in [1.807, 2.05) is 0 Å². The molecule has 6 nitrogen and oxygen atoms in total. The predicted octanol–water partition coefficient (Wildman–Crippen LogP) is 3.77. The number of ether oxygens (including phenoxy) is 1. The summed E-state index contributed by atoms with van der Waals surface area (Å²) < 4.78 is 68.6. The van der Waals surface area contributed by atoms with Gasteiger partial charge in [-0.15, -0.1) is 0 Å². The molecule has 0 radical (unpaired) electrons. The van der Waals surface area contributed by atoms with E-state index in [1.54, 1.807) is 6.07 Å². The molecule has 0 atom stereocenters. The molecule has 0 saturated heterocycles. The standard InChI is InChI=1S/C17H16ClF3N2O4S/c1-27-13-5-3-4-12(9-13)23(28(2,25)26)10-16(24)22-15-8-11(17(19,20)21)6-7-14(15)18/h3-9H,10H2,1-2H3,(H,22,24). The number of hydrogen-bond acceptors (Lipinski definition) is 4. The Kier molecular flexibility index (Phi) is 6.45. The van der Waals surface area contributed by atoms with Gasteiger partial charge in [-0.1, -0.05) is 17.7 Å². The second-order valence-corrected chi connectivity index (χ2v) is 8.03. The molecule has 2 rings (SSSR count). The molecule has 28 heavy (non-hydrogen) atoms. The first-order chi connectivity index (χ1) is 12.9. The van der Waals surface area contributed by atoms with E-state index in [1.165, 1.54) is 25.3 Å². The van der Waals surface area contributed by atoms with Crippen LogP contribution in [0.5, 0.6) is 5.75 Å². The minimum atomic E-state index is -4.62. The summed E-state index contributed by atoms with van der Waals surface area (Å²) in [5.74, 6) is -0.498. The van der Waals surface area contributed by atoms with E-state index in [0.717, 1.165) is 22.7 Å². The van der Waals surface area contributed by atoms with Crippen molar-refractivity contribution in [2.75, 3.05) is 29.5 Å². The molecule has 11 heteroatoms. The number of anilines is 2. The van der Waals surface area contributed by atoms with Gasteiger partial charge in [0.25, 0.3) is 0 Å². The fourth-order valence-electron chi connectivity index (χ4n) is 2.28. The van der Waals surface area contributed by atoms with E-state index in [9.17, 15) is 26.4 Å². The second-order valence-electron chi connectivity index (χ2n) is 5.71. The van der Waals surface area contributed by atoms with Crippen molar-refractivity contribution in [2.24, 2.45) is 0 Å². The van der Waals surface area contributed by atoms with Crippen LogP contribution >= 0.6 is 11.6 Å². The van der Waals surface area contributed by atoms with Crippen LogP contribution in [0.15, 0.2) is 42.5 Å². The molecule has 0 heterocycles. The number of alkyl halides is 3. The van der Waals surface area contributed by atoms with Crippen molar-refractivity contribution < 1.29 is 31.1 Å². The van der Waals surface area contributed by atoms with E-state index < -0.39 is 34.2 Å². The van der Waals surface area contributed by atoms with E-state index in [2.05, 4.69) is 5.32 Å². The van der Waals surface area contributed by atoms with Gasteiger partial charge < -0.3 is 10.1 Å². The summed E-state index contributed by atoms with van der Waals surface area (Å²) in [6.45, 7) is -0.668. The zero-order valence-corrected chi connectivity index (χ0v) is 16.3. The third-order valence-corrected chi connectivity index (χ3v) is 5.07. The van der Waals surface area contributed by atoms with Gasteiger partial charge in [0.1, 0.15) is 12.3 Å². The number of hydrogen-bond donors (Lipinski definition) is 1. The molecule has 1 N–H and O–H groups in total. The number of benzene rings is 2. The summed E-state index contributed by atoms with van der Waals surface area (Å²) in [5, 5.41) is 2.10. The van der Waals surface area contributed by atoms with Gasteiger partial charge in [-0.3, -0.25) is 9.10 Å². The number of carbonyl (C=O) groups is 1. The molecule has 0 fully saturated rings. The third-order valence-electron chi connectivity index (χ3n) is 3.60. The van der Waals surface area contributed by atoms with Crippen LogP contribution in [0.1, 0.15) is 5.56 Å². The lowest BCUT2D eigenvalue weighted by molar-refractivity contribution is -0.137. The maximum atomic E-state index is 12.8. The van der Waals surface area contributed by atoms with Crippen molar-refractivity contribution in [3.8, 4) is 5.75 Å². The largest absolute Gasteiger partial charge is 0.497 e. The lowest BCUT2D eigenvalue weighted by Gasteiger charge is -2.22. The summed E-state index contributed by atoms with van der Waals surface area (Å²) >= 11 is 5.84. The minimum absolute atomic E-state index is 0.117. The molecule has 2 aromatic carbocycles. The van der Waals surface area contributed by atoms with E-state index in [-0.39, 0.29) is 16.4 Å². The van der Waals surface area contributed by atoms with Crippen molar-refractivity contribution in [3.05, 3.63) is 53.1 Å². The van der Waals surface area contributed by atoms with E-state index >= 15 is 0 Å². The van der Waals surface area contributed by atoms with Crippen LogP contribution in [-0.2, 0) is 21.0 Å². The second kappa shape index (κ2) is 8.27. The van der Waals surface area contributed by atoms with Gasteiger partial charge in [0.15, 0.2) is 0 Å². The monoisotopic (exact) mass is 436 g/mol. The van der Waals surface area contributed by atoms with Crippen LogP contribution in [-0.4, -0.2) is 34.2 Å². The molecule has 1 amide bonds. The molecule has 0 aliphatic rings. The highest BCUT2D eigenvalue weighted by molar-refractivity contribution is 7.92. The molecule has 2 aromatic rings. The Balaban J connectivity index is 2.28. The minimum Gasteiger partial charge on any atom is -0.497 e. The van der Waals surface area contributed by atoms with Crippen LogP contribution in [0.25, 0.3) is 0 Å². The number of rotatable bonds is 6. The van der Waals surface area contributed by atoms with Crippen molar-refractivity contribution in [1.29, 1.82) is 0 Å². The van der Waals surface area contributed by atoms with Gasteiger partial charge in [-0.05, 0) is 30.3 Å². The summed E-state index contributed by atoms with van der Waals surface area (Å²) in [6.07, 6.45) is -3.72. The average molecular weight is 437 g/mol. The molecular weight excluding hydrogens is 421 g/mol. The molecule has 0 spiro atoms. The van der Waals surface area contributed by atoms with Crippen molar-refractivity contribution in [2.45, 2.75) is 6.18 Å². The Hall–Kier alpha value is -2.46. The molecule has 0 aromatic heterocycles. The number of nitrogens with one attached hydrogen (secondary N) is 1. The Labute approximate surface area is 164 Å². The maximum Gasteiger partial charge on any atom is 0.416 e. The fourth-order valence-corrected chi connectivity index (χ4v) is 3.30. The number of sulfonamides is 1. The zero-order chi connectivity index (χ0) is 21.1. The highest BCUT2D eigenvalue weighted by atomic mass is 35.5. The number of nitrogens with zero attached hydrogens (tertiary/aromatic N) is 1. The lowest BCUT2D eigenvalue weighted by atomic mass is 10.2. The number of halogens is 4. The first-order valence-corrected chi connectivity index (χ1v) is 9.93. The molecule has 0 bridgehead atoms. The third kappa shape index (κ3) is 5.52. The SMILES string of the molecule is COc1cccc(N(CC(=O)Nc2cc(C(F)(F)F)ccc2Cl)S(C)(=O)=O)c1. The quantitative estimate of drug-likeness (QED) is 0.748. The predicted molar refractivity (Wildman–Crippen MR) is 100 cm³/mol. The Morgan fingerprint density at radius 3 is 2.46 bits per heavy atom. The van der Waals surface area contributed by atoms with Crippen LogP contribution in [0.4, 0.5) is 24.5 Å². The highest BCUT2D eigenvalue weighted by Crippen LogP contribution is 2.34. The van der Waals surface area contributed by atoms with Gasteiger partial charge in [0.05, 0.1) is 35.3 Å². The summed E-state index contributed by atoms with van der Waals surface area (Å²) in [4.78, 5) is 12.3. The Bertz CT molecular complexity index is 981. The molecule has 0 saturated carbocycles. The van der Waals surface area contributed by atoms with Crippen LogP contribution < -0.4 is 14.4 Å². The topological polar surface area (TPSA) is 75.7 Å². The highest BCUT2D eigenvalue weighted by Gasteiger charge is 2.31. The van der Waals surface area contributed by atoms with Gasteiger partial charge in [0.2, 0.25) is 15.9 Å². The molecular formula is C17H16ClF3N2O4S.